The fraction of sp³-hybridized carbons (Fsp3) is 0.333. The number of sulfonamides is 1. The van der Waals surface area contributed by atoms with Crippen molar-refractivity contribution < 1.29 is 26.8 Å². The largest absolute Gasteiger partial charge is 0.438 e. The van der Waals surface area contributed by atoms with E-state index in [0.29, 0.717) is 0 Å². The Balaban J connectivity index is 1.87. The van der Waals surface area contributed by atoms with Crippen LogP contribution in [0.1, 0.15) is 41.7 Å². The summed E-state index contributed by atoms with van der Waals surface area (Å²) in [6, 6.07) is 7.96. The van der Waals surface area contributed by atoms with Gasteiger partial charge in [-0.05, 0) is 45.0 Å². The molecule has 0 aliphatic heterocycles. The molecule has 0 radical (unpaired) electrons. The van der Waals surface area contributed by atoms with E-state index in [4.69, 9.17) is 4.42 Å². The van der Waals surface area contributed by atoms with Gasteiger partial charge < -0.3 is 15.1 Å². The maximum absolute atomic E-state index is 13.5. The van der Waals surface area contributed by atoms with Crippen molar-refractivity contribution in [2.24, 2.45) is 0 Å². The third kappa shape index (κ3) is 5.89. The van der Waals surface area contributed by atoms with Gasteiger partial charge in [-0.3, -0.25) is 9.59 Å². The smallest absolute Gasteiger partial charge is 0.287 e. The van der Waals surface area contributed by atoms with Gasteiger partial charge in [0, 0.05) is 18.6 Å². The summed E-state index contributed by atoms with van der Waals surface area (Å²) in [7, 11) is -3.89. The van der Waals surface area contributed by atoms with Crippen molar-refractivity contribution in [2.45, 2.75) is 31.4 Å². The molecular formula is C18H22FN3O5S. The number of rotatable bonds is 7. The Morgan fingerprint density at radius 3 is 2.21 bits per heavy atom. The highest BCUT2D eigenvalue weighted by Crippen LogP contribution is 2.16. The number of nitrogens with one attached hydrogen (secondary N) is 3. The van der Waals surface area contributed by atoms with Crippen LogP contribution >= 0.6 is 0 Å². The van der Waals surface area contributed by atoms with Crippen molar-refractivity contribution in [1.82, 2.24) is 15.4 Å². The Hall–Kier alpha value is -2.72. The highest BCUT2D eigenvalue weighted by molar-refractivity contribution is 7.89. The quantitative estimate of drug-likeness (QED) is 0.599. The minimum atomic E-state index is -3.89. The van der Waals surface area contributed by atoms with Crippen LogP contribution in [0.4, 0.5) is 4.39 Å². The van der Waals surface area contributed by atoms with Crippen LogP contribution in [-0.4, -0.2) is 38.9 Å². The number of benzene rings is 1. The number of hydrogen-bond donors (Lipinski definition) is 3. The molecule has 8 nitrogen and oxygen atoms in total. The van der Waals surface area contributed by atoms with E-state index in [2.05, 4.69) is 15.4 Å². The Bertz CT molecular complexity index is 964. The summed E-state index contributed by atoms with van der Waals surface area (Å²) >= 11 is 0. The molecule has 28 heavy (non-hydrogen) atoms. The minimum Gasteiger partial charge on any atom is -0.438 e. The van der Waals surface area contributed by atoms with Gasteiger partial charge in [0.25, 0.3) is 21.8 Å². The molecule has 152 valence electrons. The molecule has 0 atom stereocenters. The van der Waals surface area contributed by atoms with Crippen LogP contribution < -0.4 is 15.4 Å². The van der Waals surface area contributed by atoms with Crippen LogP contribution in [0.5, 0.6) is 0 Å². The molecule has 0 spiro atoms. The van der Waals surface area contributed by atoms with E-state index >= 15 is 0 Å². The Morgan fingerprint density at radius 1 is 1.00 bits per heavy atom. The summed E-state index contributed by atoms with van der Waals surface area (Å²) in [5.74, 6) is -2.07. The van der Waals surface area contributed by atoms with Gasteiger partial charge in [0.15, 0.2) is 5.76 Å². The molecule has 3 N–H and O–H groups in total. The van der Waals surface area contributed by atoms with Crippen LogP contribution in [0.15, 0.2) is 45.9 Å². The van der Waals surface area contributed by atoms with Crippen molar-refractivity contribution in [2.75, 3.05) is 13.1 Å². The second-order valence-electron chi connectivity index (χ2n) is 6.97. The van der Waals surface area contributed by atoms with Crippen LogP contribution in [-0.2, 0) is 10.0 Å². The van der Waals surface area contributed by atoms with E-state index in [1.54, 1.807) is 20.8 Å². The Labute approximate surface area is 162 Å². The van der Waals surface area contributed by atoms with E-state index in [1.807, 2.05) is 0 Å². The summed E-state index contributed by atoms with van der Waals surface area (Å²) in [4.78, 5) is 23.9. The molecule has 1 heterocycles. The van der Waals surface area contributed by atoms with Crippen molar-refractivity contribution in [3.05, 3.63) is 53.5 Å². The molecule has 0 bridgehead atoms. The molecule has 0 unspecified atom stereocenters. The number of amides is 2. The van der Waals surface area contributed by atoms with Crippen molar-refractivity contribution in [3.8, 4) is 0 Å². The van der Waals surface area contributed by atoms with Crippen LogP contribution in [0.25, 0.3) is 0 Å². The maximum atomic E-state index is 13.5. The monoisotopic (exact) mass is 411 g/mol. The van der Waals surface area contributed by atoms with Crippen molar-refractivity contribution >= 4 is 21.8 Å². The molecule has 0 saturated heterocycles. The molecule has 2 aromatic rings. The molecular weight excluding hydrogens is 389 g/mol. The average Bonchev–Trinajstić information content (AvgIpc) is 3.08. The lowest BCUT2D eigenvalue weighted by Crippen LogP contribution is -2.40. The SMILES string of the molecule is CC(C)(C)NS(=O)(=O)c1ccc(C(=O)NCCNC(=O)c2ccccc2F)o1. The van der Waals surface area contributed by atoms with Gasteiger partial charge >= 0.3 is 0 Å². The third-order valence-corrected chi connectivity index (χ3v) is 4.96. The van der Waals surface area contributed by atoms with Crippen molar-refractivity contribution in [3.63, 3.8) is 0 Å². The number of carbonyl (C=O) groups is 2. The summed E-state index contributed by atoms with van der Waals surface area (Å²) in [5, 5.41) is 4.57. The van der Waals surface area contributed by atoms with Gasteiger partial charge in [-0.1, -0.05) is 12.1 Å². The lowest BCUT2D eigenvalue weighted by atomic mass is 10.1. The zero-order valence-corrected chi connectivity index (χ0v) is 16.5. The van der Waals surface area contributed by atoms with E-state index in [-0.39, 0.29) is 29.5 Å². The normalized spacial score (nSPS) is 11.9. The van der Waals surface area contributed by atoms with Gasteiger partial charge in [-0.15, -0.1) is 0 Å². The molecule has 10 heteroatoms. The maximum Gasteiger partial charge on any atom is 0.287 e. The number of carbonyl (C=O) groups excluding carboxylic acids is 2. The van der Waals surface area contributed by atoms with E-state index in [9.17, 15) is 22.4 Å². The second kappa shape index (κ2) is 8.53. The van der Waals surface area contributed by atoms with Crippen molar-refractivity contribution in [1.29, 1.82) is 0 Å². The summed E-state index contributed by atoms with van der Waals surface area (Å²) in [5.41, 5.74) is -0.800. The second-order valence-corrected chi connectivity index (χ2v) is 8.58. The lowest BCUT2D eigenvalue weighted by molar-refractivity contribution is 0.0905. The summed E-state index contributed by atoms with van der Waals surface area (Å²) < 4.78 is 45.4. The Morgan fingerprint density at radius 2 is 1.61 bits per heavy atom. The molecule has 2 rings (SSSR count). The standard InChI is InChI=1S/C18H22FN3O5S/c1-18(2,3)22-28(25,26)15-9-8-14(27-15)17(24)21-11-10-20-16(23)12-6-4-5-7-13(12)19/h4-9,22H,10-11H2,1-3H3,(H,20,23)(H,21,24). The van der Waals surface area contributed by atoms with Gasteiger partial charge in [0.2, 0.25) is 5.09 Å². The van der Waals surface area contributed by atoms with Gasteiger partial charge in [0.1, 0.15) is 5.82 Å². The topological polar surface area (TPSA) is 118 Å². The zero-order chi connectivity index (χ0) is 20.9. The lowest BCUT2D eigenvalue weighted by Gasteiger charge is -2.18. The summed E-state index contributed by atoms with van der Waals surface area (Å²) in [6.45, 7) is 5.13. The molecule has 0 aliphatic carbocycles. The van der Waals surface area contributed by atoms with Gasteiger partial charge in [0.05, 0.1) is 5.56 Å². The first kappa shape index (κ1) is 21.6. The van der Waals surface area contributed by atoms with Crippen LogP contribution in [0.2, 0.25) is 0 Å². The molecule has 0 saturated carbocycles. The number of hydrogen-bond acceptors (Lipinski definition) is 5. The van der Waals surface area contributed by atoms with Crippen LogP contribution in [0.3, 0.4) is 0 Å². The molecule has 0 aliphatic rings. The first-order chi connectivity index (χ1) is 13.0. The first-order valence-electron chi connectivity index (χ1n) is 8.44. The Kier molecular flexibility index (Phi) is 6.57. The fourth-order valence-corrected chi connectivity index (χ4v) is 3.57. The highest BCUT2D eigenvalue weighted by atomic mass is 32.2. The molecule has 2 amide bonds. The van der Waals surface area contributed by atoms with Gasteiger partial charge in [-0.25, -0.2) is 17.5 Å². The van der Waals surface area contributed by atoms with E-state index < -0.39 is 33.2 Å². The highest BCUT2D eigenvalue weighted by Gasteiger charge is 2.26. The molecule has 0 fully saturated rings. The predicted octanol–water partition coefficient (Wildman–Crippen LogP) is 1.66. The van der Waals surface area contributed by atoms with Crippen LogP contribution in [0, 0.1) is 5.82 Å². The molecule has 1 aromatic carbocycles. The van der Waals surface area contributed by atoms with Gasteiger partial charge in [-0.2, -0.15) is 0 Å². The average molecular weight is 411 g/mol. The molecule has 1 aromatic heterocycles. The fourth-order valence-electron chi connectivity index (χ4n) is 2.22. The minimum absolute atomic E-state index is 0.0437. The van der Waals surface area contributed by atoms with E-state index in [0.717, 1.165) is 0 Å². The third-order valence-electron chi connectivity index (χ3n) is 3.33. The number of furan rings is 1. The van der Waals surface area contributed by atoms with E-state index in [1.165, 1.54) is 36.4 Å². The number of halogens is 1. The summed E-state index contributed by atoms with van der Waals surface area (Å²) in [6.07, 6.45) is 0. The zero-order valence-electron chi connectivity index (χ0n) is 15.7. The predicted molar refractivity (Wildman–Crippen MR) is 99.8 cm³/mol. The first-order valence-corrected chi connectivity index (χ1v) is 9.93.